The molecule has 0 saturated carbocycles. The van der Waals surface area contributed by atoms with E-state index in [4.69, 9.17) is 18.9 Å². The number of hydrogen-bond acceptors (Lipinski definition) is 8. The summed E-state index contributed by atoms with van der Waals surface area (Å²) in [5, 5.41) is 0. The lowest BCUT2D eigenvalue weighted by molar-refractivity contribution is -0.123. The second-order valence-corrected chi connectivity index (χ2v) is 10.1. The van der Waals surface area contributed by atoms with Crippen LogP contribution < -0.4 is 23.8 Å². The van der Waals surface area contributed by atoms with E-state index in [1.54, 1.807) is 36.4 Å². The molecule has 4 heterocycles. The van der Waals surface area contributed by atoms with E-state index in [1.807, 2.05) is 41.4 Å². The van der Waals surface area contributed by atoms with E-state index >= 15 is 0 Å². The number of rotatable bonds is 5. The second-order valence-electron chi connectivity index (χ2n) is 10.1. The number of ether oxygens (including phenoxy) is 4. The second kappa shape index (κ2) is 9.15. The van der Waals surface area contributed by atoms with Crippen molar-refractivity contribution in [1.29, 1.82) is 0 Å². The van der Waals surface area contributed by atoms with Crippen LogP contribution in [-0.4, -0.2) is 56.0 Å². The van der Waals surface area contributed by atoms with Crippen LogP contribution in [0.15, 0.2) is 66.9 Å². The van der Waals surface area contributed by atoms with Crippen LogP contribution in [0.1, 0.15) is 27.5 Å². The van der Waals surface area contributed by atoms with Crippen LogP contribution in [0.2, 0.25) is 0 Å². The highest BCUT2D eigenvalue weighted by Crippen LogP contribution is 2.54. The Labute approximate surface area is 230 Å². The quantitative estimate of drug-likeness (QED) is 0.357. The lowest BCUT2D eigenvalue weighted by Gasteiger charge is -2.35. The van der Waals surface area contributed by atoms with Crippen molar-refractivity contribution in [3.8, 4) is 23.0 Å². The molecule has 0 N–H and O–H groups in total. The van der Waals surface area contributed by atoms with Crippen molar-refractivity contribution in [1.82, 2.24) is 4.90 Å². The van der Waals surface area contributed by atoms with Crippen molar-refractivity contribution in [2.24, 2.45) is 11.8 Å². The standard InChI is InChI=1S/C31H26N2O7/c1-37-21-9-7-18(15-23(21)38-2)29(34)28-26-25(27-20-6-4-3-5-17(20)11-12-32(27)28)30(35)33(31(26)36)19-8-10-22-24(16-19)40-14-13-39-22/h3-12,15-16,25-28H,13-14H2,1-2H3/t25-,26+,27?,28-/m0/s1. The summed E-state index contributed by atoms with van der Waals surface area (Å²) < 4.78 is 22.1. The van der Waals surface area contributed by atoms with Crippen molar-refractivity contribution >= 4 is 29.4 Å². The summed E-state index contributed by atoms with van der Waals surface area (Å²) in [6.45, 7) is 0.814. The molecule has 7 rings (SSSR count). The number of Topliss-reactive ketones (excluding diaryl/α,β-unsaturated/α-hetero) is 1. The third kappa shape index (κ3) is 3.43. The predicted octanol–water partition coefficient (Wildman–Crippen LogP) is 3.87. The van der Waals surface area contributed by atoms with Crippen LogP contribution in [-0.2, 0) is 9.59 Å². The largest absolute Gasteiger partial charge is 0.493 e. The number of fused-ring (bicyclic) bond motifs is 6. The Morgan fingerprint density at radius 1 is 0.850 bits per heavy atom. The first-order chi connectivity index (χ1) is 19.5. The molecule has 2 fully saturated rings. The van der Waals surface area contributed by atoms with E-state index in [1.165, 1.54) is 19.1 Å². The molecule has 0 aliphatic carbocycles. The van der Waals surface area contributed by atoms with E-state index in [9.17, 15) is 14.4 Å². The van der Waals surface area contributed by atoms with Crippen LogP contribution >= 0.6 is 0 Å². The summed E-state index contributed by atoms with van der Waals surface area (Å²) in [7, 11) is 3.03. The third-order valence-corrected chi connectivity index (χ3v) is 8.18. The van der Waals surface area contributed by atoms with E-state index < -0.39 is 29.8 Å². The van der Waals surface area contributed by atoms with Crippen LogP contribution in [0.4, 0.5) is 5.69 Å². The van der Waals surface area contributed by atoms with E-state index in [-0.39, 0.29) is 11.7 Å². The minimum Gasteiger partial charge on any atom is -0.493 e. The fourth-order valence-electron chi connectivity index (χ4n) is 6.44. The highest BCUT2D eigenvalue weighted by Gasteiger charge is 2.64. The summed E-state index contributed by atoms with van der Waals surface area (Å²) >= 11 is 0. The molecule has 40 heavy (non-hydrogen) atoms. The molecule has 0 spiro atoms. The van der Waals surface area contributed by atoms with Gasteiger partial charge in [-0.05, 0) is 47.5 Å². The lowest BCUT2D eigenvalue weighted by atomic mass is 9.83. The highest BCUT2D eigenvalue weighted by molar-refractivity contribution is 6.24. The average Bonchev–Trinajstić information content (AvgIpc) is 3.48. The molecule has 2 saturated heterocycles. The first-order valence-electron chi connectivity index (χ1n) is 13.1. The van der Waals surface area contributed by atoms with Gasteiger partial charge in [-0.2, -0.15) is 0 Å². The van der Waals surface area contributed by atoms with Crippen LogP contribution in [0, 0.1) is 11.8 Å². The Kier molecular flexibility index (Phi) is 5.55. The van der Waals surface area contributed by atoms with Gasteiger partial charge in [0, 0.05) is 17.8 Å². The molecule has 0 radical (unpaired) electrons. The zero-order chi connectivity index (χ0) is 27.5. The number of amides is 2. The van der Waals surface area contributed by atoms with Crippen molar-refractivity contribution in [2.75, 3.05) is 32.3 Å². The van der Waals surface area contributed by atoms with Crippen LogP contribution in [0.25, 0.3) is 6.08 Å². The molecular formula is C31H26N2O7. The maximum Gasteiger partial charge on any atom is 0.240 e. The van der Waals surface area contributed by atoms with Gasteiger partial charge in [0.1, 0.15) is 19.3 Å². The number of imide groups is 1. The third-order valence-electron chi connectivity index (χ3n) is 8.18. The van der Waals surface area contributed by atoms with Crippen LogP contribution in [0.3, 0.4) is 0 Å². The van der Waals surface area contributed by atoms with Crippen LogP contribution in [0.5, 0.6) is 23.0 Å². The summed E-state index contributed by atoms with van der Waals surface area (Å²) in [5.41, 5.74) is 2.64. The fraction of sp³-hybridized carbons (Fsp3) is 0.258. The Balaban J connectivity index is 1.34. The molecule has 4 aliphatic rings. The summed E-state index contributed by atoms with van der Waals surface area (Å²) in [4.78, 5) is 45.6. The van der Waals surface area contributed by atoms with Gasteiger partial charge in [0.15, 0.2) is 28.8 Å². The minimum atomic E-state index is -0.892. The SMILES string of the molecule is COc1ccc(C(=O)[C@@H]2[C@@H]3C(=O)N(c4ccc5c(c4)OCCO5)C(=O)[C@@H]3C3c4ccccc4C=CN32)cc1OC. The number of hydrogen-bond donors (Lipinski definition) is 0. The van der Waals surface area contributed by atoms with Gasteiger partial charge in [-0.3, -0.25) is 14.4 Å². The van der Waals surface area contributed by atoms with Gasteiger partial charge >= 0.3 is 0 Å². The van der Waals surface area contributed by atoms with Gasteiger partial charge in [0.2, 0.25) is 11.8 Å². The van der Waals surface area contributed by atoms with Crippen molar-refractivity contribution in [2.45, 2.75) is 12.1 Å². The molecule has 9 nitrogen and oxygen atoms in total. The molecule has 3 aromatic rings. The lowest BCUT2D eigenvalue weighted by Crippen LogP contribution is -2.44. The van der Waals surface area contributed by atoms with Gasteiger partial charge < -0.3 is 23.8 Å². The zero-order valence-corrected chi connectivity index (χ0v) is 21.9. The minimum absolute atomic E-state index is 0.271. The summed E-state index contributed by atoms with van der Waals surface area (Å²) in [5.74, 6) is -0.716. The molecule has 0 bridgehead atoms. The van der Waals surface area contributed by atoms with Gasteiger partial charge in [0.05, 0.1) is 37.8 Å². The first kappa shape index (κ1) is 24.3. The topological polar surface area (TPSA) is 94.6 Å². The molecular weight excluding hydrogens is 512 g/mol. The van der Waals surface area contributed by atoms with E-state index in [0.717, 1.165) is 11.1 Å². The van der Waals surface area contributed by atoms with Crippen molar-refractivity contribution in [3.05, 3.63) is 83.6 Å². The number of anilines is 1. The molecule has 202 valence electrons. The molecule has 4 aliphatic heterocycles. The maximum absolute atomic E-state index is 14.2. The molecule has 9 heteroatoms. The number of methoxy groups -OCH3 is 2. The number of carbonyl (C=O) groups is 3. The average molecular weight is 539 g/mol. The molecule has 4 atom stereocenters. The summed E-state index contributed by atoms with van der Waals surface area (Å²) in [6, 6.07) is 16.4. The normalized spacial score (nSPS) is 23.9. The smallest absolute Gasteiger partial charge is 0.240 e. The molecule has 0 aromatic heterocycles. The molecule has 1 unspecified atom stereocenters. The van der Waals surface area contributed by atoms with Gasteiger partial charge in [0.25, 0.3) is 0 Å². The Hall–Kier alpha value is -4.79. The van der Waals surface area contributed by atoms with Crippen molar-refractivity contribution in [3.63, 3.8) is 0 Å². The van der Waals surface area contributed by atoms with Gasteiger partial charge in [-0.25, -0.2) is 4.90 Å². The molecule has 3 aromatic carbocycles. The first-order valence-corrected chi connectivity index (χ1v) is 13.1. The predicted molar refractivity (Wildman–Crippen MR) is 145 cm³/mol. The molecule has 2 amide bonds. The van der Waals surface area contributed by atoms with Gasteiger partial charge in [-0.1, -0.05) is 24.3 Å². The Bertz CT molecular complexity index is 1600. The maximum atomic E-state index is 14.2. The van der Waals surface area contributed by atoms with Crippen molar-refractivity contribution < 1.29 is 33.3 Å². The highest BCUT2D eigenvalue weighted by atomic mass is 16.6. The summed E-state index contributed by atoms with van der Waals surface area (Å²) in [6.07, 6.45) is 3.76. The zero-order valence-electron chi connectivity index (χ0n) is 21.9. The Morgan fingerprint density at radius 2 is 1.60 bits per heavy atom. The number of ketones is 1. The monoisotopic (exact) mass is 538 g/mol. The number of carbonyl (C=O) groups excluding carboxylic acids is 3. The Morgan fingerprint density at radius 3 is 2.40 bits per heavy atom. The fourth-order valence-corrected chi connectivity index (χ4v) is 6.44. The number of benzene rings is 3. The number of nitrogens with zero attached hydrogens (tertiary/aromatic N) is 2. The van der Waals surface area contributed by atoms with E-state index in [2.05, 4.69) is 0 Å². The van der Waals surface area contributed by atoms with Gasteiger partial charge in [-0.15, -0.1) is 0 Å². The van der Waals surface area contributed by atoms with E-state index in [0.29, 0.717) is 47.5 Å².